The van der Waals surface area contributed by atoms with E-state index in [1.165, 1.54) is 0 Å². The predicted octanol–water partition coefficient (Wildman–Crippen LogP) is 0.360. The lowest BCUT2D eigenvalue weighted by molar-refractivity contribution is 0.0400. The third kappa shape index (κ3) is 2.59. The van der Waals surface area contributed by atoms with Gasteiger partial charge in [-0.05, 0) is 20.3 Å². The van der Waals surface area contributed by atoms with Gasteiger partial charge in [0.15, 0.2) is 5.82 Å². The smallest absolute Gasteiger partial charge is 0.229 e. The molecule has 0 N–H and O–H groups in total. The van der Waals surface area contributed by atoms with Crippen LogP contribution in [0, 0.1) is 12.8 Å². The molecule has 0 aromatic carbocycles. The molecule has 0 spiro atoms. The van der Waals surface area contributed by atoms with Crippen LogP contribution in [0.5, 0.6) is 0 Å². The van der Waals surface area contributed by atoms with E-state index in [0.29, 0.717) is 31.2 Å². The molecule has 3 heterocycles. The number of fused-ring (bicyclic) bond motifs is 1. The van der Waals surface area contributed by atoms with Gasteiger partial charge in [-0.25, -0.2) is 8.42 Å². The van der Waals surface area contributed by atoms with E-state index in [0.717, 1.165) is 6.42 Å². The van der Waals surface area contributed by atoms with Crippen LogP contribution in [-0.2, 0) is 21.2 Å². The van der Waals surface area contributed by atoms with Crippen LogP contribution >= 0.6 is 0 Å². The third-order valence-electron chi connectivity index (χ3n) is 4.01. The van der Waals surface area contributed by atoms with E-state index in [2.05, 4.69) is 10.1 Å². The topological polar surface area (TPSA) is 85.5 Å². The Morgan fingerprint density at radius 2 is 2.20 bits per heavy atom. The van der Waals surface area contributed by atoms with Gasteiger partial charge in [0.1, 0.15) is 0 Å². The van der Waals surface area contributed by atoms with Gasteiger partial charge in [-0.3, -0.25) is 0 Å². The molecule has 2 aliphatic heterocycles. The van der Waals surface area contributed by atoms with Gasteiger partial charge in [0, 0.05) is 19.0 Å². The van der Waals surface area contributed by atoms with Crippen molar-refractivity contribution in [3.8, 4) is 0 Å². The van der Waals surface area contributed by atoms with E-state index in [4.69, 9.17) is 9.26 Å². The van der Waals surface area contributed by atoms with Gasteiger partial charge in [-0.1, -0.05) is 5.16 Å². The zero-order valence-corrected chi connectivity index (χ0v) is 12.5. The van der Waals surface area contributed by atoms with Gasteiger partial charge in [0.05, 0.1) is 24.4 Å². The molecule has 0 unspecified atom stereocenters. The number of aromatic nitrogens is 2. The van der Waals surface area contributed by atoms with Gasteiger partial charge in [0.25, 0.3) is 0 Å². The number of ether oxygens (including phenoxy) is 1. The van der Waals surface area contributed by atoms with Crippen molar-refractivity contribution in [3.63, 3.8) is 0 Å². The molecule has 0 amide bonds. The lowest BCUT2D eigenvalue weighted by atomic mass is 10.0. The molecule has 3 atom stereocenters. The highest BCUT2D eigenvalue weighted by molar-refractivity contribution is 7.89. The Morgan fingerprint density at radius 3 is 2.80 bits per heavy atom. The number of aryl methyl sites for hydroxylation is 1. The first kappa shape index (κ1) is 14.0. The van der Waals surface area contributed by atoms with Crippen LogP contribution in [0.15, 0.2) is 4.52 Å². The van der Waals surface area contributed by atoms with Crippen LogP contribution < -0.4 is 0 Å². The number of hydrogen-bond acceptors (Lipinski definition) is 6. The maximum absolute atomic E-state index is 11.8. The maximum Gasteiger partial charge on any atom is 0.229 e. The normalized spacial score (nSPS) is 30.8. The highest BCUT2D eigenvalue weighted by Crippen LogP contribution is 2.35. The summed E-state index contributed by atoms with van der Waals surface area (Å²) in [5, 5.41) is 3.76. The van der Waals surface area contributed by atoms with Crippen molar-refractivity contribution in [1.82, 2.24) is 14.4 Å². The molecule has 7 nitrogen and oxygen atoms in total. The first-order valence-corrected chi connectivity index (χ1v) is 8.51. The van der Waals surface area contributed by atoms with Crippen LogP contribution in [0.1, 0.15) is 25.1 Å². The Balaban J connectivity index is 1.58. The highest BCUT2D eigenvalue weighted by atomic mass is 32.2. The lowest BCUT2D eigenvalue weighted by Gasteiger charge is -2.17. The second-order valence-corrected chi connectivity index (χ2v) is 7.71. The molecule has 112 valence electrons. The Bertz CT molecular complexity index is 571. The number of rotatable bonds is 4. The first-order valence-electron chi connectivity index (χ1n) is 6.90. The minimum absolute atomic E-state index is 0.00495. The van der Waals surface area contributed by atoms with E-state index < -0.39 is 10.0 Å². The minimum atomic E-state index is -3.10. The molecule has 2 aliphatic rings. The van der Waals surface area contributed by atoms with Gasteiger partial charge in [-0.2, -0.15) is 9.29 Å². The minimum Gasteiger partial charge on any atom is -0.373 e. The Kier molecular flexibility index (Phi) is 3.55. The fourth-order valence-corrected chi connectivity index (χ4v) is 4.14. The Morgan fingerprint density at radius 1 is 1.40 bits per heavy atom. The van der Waals surface area contributed by atoms with Crippen molar-refractivity contribution < 1.29 is 17.7 Å². The molecular formula is C12H19N3O4S. The summed E-state index contributed by atoms with van der Waals surface area (Å²) in [6.45, 7) is 4.50. The zero-order chi connectivity index (χ0) is 14.3. The van der Waals surface area contributed by atoms with Gasteiger partial charge < -0.3 is 9.26 Å². The van der Waals surface area contributed by atoms with Crippen molar-refractivity contribution in [1.29, 1.82) is 0 Å². The molecule has 3 rings (SSSR count). The lowest BCUT2D eigenvalue weighted by Crippen LogP contribution is -2.32. The maximum atomic E-state index is 11.8. The predicted molar refractivity (Wildman–Crippen MR) is 70.5 cm³/mol. The largest absolute Gasteiger partial charge is 0.373 e. The van der Waals surface area contributed by atoms with Gasteiger partial charge in [-0.15, -0.1) is 0 Å². The van der Waals surface area contributed by atoms with Gasteiger partial charge in [0.2, 0.25) is 15.9 Å². The second-order valence-electron chi connectivity index (χ2n) is 5.45. The second kappa shape index (κ2) is 5.09. The summed E-state index contributed by atoms with van der Waals surface area (Å²) in [7, 11) is -3.10. The monoisotopic (exact) mass is 301 g/mol. The molecule has 8 heteroatoms. The summed E-state index contributed by atoms with van der Waals surface area (Å²) < 4.78 is 36.3. The van der Waals surface area contributed by atoms with Crippen LogP contribution in [0.2, 0.25) is 0 Å². The molecule has 2 fully saturated rings. The molecule has 0 bridgehead atoms. The van der Waals surface area contributed by atoms with E-state index in [1.807, 2.05) is 0 Å². The van der Waals surface area contributed by atoms with Crippen LogP contribution in [0.3, 0.4) is 0 Å². The number of sulfonamides is 1. The molecule has 1 aromatic rings. The van der Waals surface area contributed by atoms with E-state index in [9.17, 15) is 8.42 Å². The van der Waals surface area contributed by atoms with Crippen molar-refractivity contribution in [2.45, 2.75) is 38.9 Å². The van der Waals surface area contributed by atoms with E-state index in [1.54, 1.807) is 18.2 Å². The van der Waals surface area contributed by atoms with Crippen LogP contribution in [0.25, 0.3) is 0 Å². The van der Waals surface area contributed by atoms with Gasteiger partial charge >= 0.3 is 0 Å². The molecule has 0 aliphatic carbocycles. The standard InChI is InChI=1S/C12H19N3O4S/c1-3-20(16,17)15-6-9-4-10(18-11(9)7-15)5-12-13-8(2)14-19-12/h9-11H,3-7H2,1-2H3/t9-,10+,11+/m1/s1. The molecule has 2 saturated heterocycles. The van der Waals surface area contributed by atoms with Crippen molar-refractivity contribution >= 4 is 10.0 Å². The van der Waals surface area contributed by atoms with Crippen LogP contribution in [0.4, 0.5) is 0 Å². The summed E-state index contributed by atoms with van der Waals surface area (Å²) >= 11 is 0. The molecule has 20 heavy (non-hydrogen) atoms. The summed E-state index contributed by atoms with van der Waals surface area (Å²) in [4.78, 5) is 4.17. The zero-order valence-electron chi connectivity index (χ0n) is 11.7. The molecule has 0 saturated carbocycles. The molecule has 1 aromatic heterocycles. The quantitative estimate of drug-likeness (QED) is 0.798. The van der Waals surface area contributed by atoms with Crippen LogP contribution in [-0.4, -0.2) is 53.9 Å². The van der Waals surface area contributed by atoms with Crippen molar-refractivity contribution in [2.24, 2.45) is 5.92 Å². The number of nitrogens with zero attached hydrogens (tertiary/aromatic N) is 3. The first-order chi connectivity index (χ1) is 9.48. The van der Waals surface area contributed by atoms with E-state index >= 15 is 0 Å². The average Bonchev–Trinajstić information content (AvgIpc) is 3.04. The SMILES string of the molecule is CCS(=O)(=O)N1C[C@H]2C[C@@H](Cc3nc(C)no3)O[C@H]2C1. The van der Waals surface area contributed by atoms with E-state index in [-0.39, 0.29) is 23.9 Å². The van der Waals surface area contributed by atoms with Crippen molar-refractivity contribution in [3.05, 3.63) is 11.7 Å². The average molecular weight is 301 g/mol. The summed E-state index contributed by atoms with van der Waals surface area (Å²) in [5.41, 5.74) is 0. The number of hydrogen-bond donors (Lipinski definition) is 0. The highest BCUT2D eigenvalue weighted by Gasteiger charge is 2.45. The Hall–Kier alpha value is -0.990. The van der Waals surface area contributed by atoms with Crippen molar-refractivity contribution in [2.75, 3.05) is 18.8 Å². The molecular weight excluding hydrogens is 282 g/mol. The summed E-state index contributed by atoms with van der Waals surface area (Å²) in [6.07, 6.45) is 1.51. The fraction of sp³-hybridized carbons (Fsp3) is 0.833. The third-order valence-corrected chi connectivity index (χ3v) is 5.83. The Labute approximate surface area is 118 Å². The fourth-order valence-electron chi connectivity index (χ4n) is 2.98. The molecule has 0 radical (unpaired) electrons. The summed E-state index contributed by atoms with van der Waals surface area (Å²) in [6, 6.07) is 0. The summed E-state index contributed by atoms with van der Waals surface area (Å²) in [5.74, 6) is 1.64.